The number of hydrogen-bond donors (Lipinski definition) is 4. The summed E-state index contributed by atoms with van der Waals surface area (Å²) in [4.78, 5) is 36.0. The van der Waals surface area contributed by atoms with E-state index in [-0.39, 0.29) is 17.6 Å². The number of carboxylic acid groups (broad SMARTS) is 1. The van der Waals surface area contributed by atoms with Crippen LogP contribution in [0, 0.1) is 5.41 Å². The van der Waals surface area contributed by atoms with E-state index in [4.69, 9.17) is 5.73 Å². The Kier molecular flexibility index (Phi) is 6.60. The molecule has 7 nitrogen and oxygen atoms in total. The average Bonchev–Trinajstić information content (AvgIpc) is 2.98. The van der Waals surface area contributed by atoms with E-state index in [1.165, 1.54) is 21.6 Å². The SMILES string of the molecule is NC1CSSCC(C(=O)O)NC(=O)C2(CCCC2)CCNC1=O. The largest absolute Gasteiger partial charge is 0.480 e. The van der Waals surface area contributed by atoms with Crippen molar-refractivity contribution in [2.24, 2.45) is 11.1 Å². The molecule has 1 heterocycles. The van der Waals surface area contributed by atoms with Gasteiger partial charge >= 0.3 is 5.97 Å². The summed E-state index contributed by atoms with van der Waals surface area (Å²) in [6.45, 7) is 0.384. The van der Waals surface area contributed by atoms with Crippen molar-refractivity contribution in [3.63, 3.8) is 0 Å². The van der Waals surface area contributed by atoms with Crippen LogP contribution in [0.5, 0.6) is 0 Å². The molecule has 5 N–H and O–H groups in total. The van der Waals surface area contributed by atoms with E-state index in [1.54, 1.807) is 0 Å². The molecule has 0 aromatic heterocycles. The van der Waals surface area contributed by atoms with Crippen LogP contribution in [0.15, 0.2) is 0 Å². The molecular formula is C14H23N3O4S2. The highest BCUT2D eigenvalue weighted by atomic mass is 33.1. The minimum atomic E-state index is -1.03. The molecule has 23 heavy (non-hydrogen) atoms. The normalized spacial score (nSPS) is 29.8. The average molecular weight is 361 g/mol. The van der Waals surface area contributed by atoms with Crippen LogP contribution in [-0.2, 0) is 14.4 Å². The molecule has 2 amide bonds. The number of amides is 2. The first kappa shape index (κ1) is 18.4. The van der Waals surface area contributed by atoms with E-state index in [0.29, 0.717) is 18.7 Å². The maximum Gasteiger partial charge on any atom is 0.327 e. The third-order valence-corrected chi connectivity index (χ3v) is 6.90. The van der Waals surface area contributed by atoms with Crippen LogP contribution in [0.3, 0.4) is 0 Å². The highest BCUT2D eigenvalue weighted by Gasteiger charge is 2.42. The van der Waals surface area contributed by atoms with Crippen molar-refractivity contribution in [2.75, 3.05) is 18.1 Å². The van der Waals surface area contributed by atoms with Gasteiger partial charge in [0.2, 0.25) is 11.8 Å². The molecule has 1 aliphatic heterocycles. The smallest absolute Gasteiger partial charge is 0.327 e. The Hall–Kier alpha value is -0.930. The summed E-state index contributed by atoms with van der Waals surface area (Å²) in [7, 11) is 2.66. The Morgan fingerprint density at radius 1 is 1.17 bits per heavy atom. The zero-order valence-corrected chi connectivity index (χ0v) is 14.5. The van der Waals surface area contributed by atoms with Gasteiger partial charge in [0.05, 0.1) is 11.5 Å². The zero-order chi connectivity index (χ0) is 16.9. The molecule has 1 saturated carbocycles. The number of carboxylic acids is 1. The van der Waals surface area contributed by atoms with E-state index in [0.717, 1.165) is 25.7 Å². The number of nitrogens with two attached hydrogens (primary N) is 1. The highest BCUT2D eigenvalue weighted by Crippen LogP contribution is 2.41. The standard InChI is InChI=1S/C14H23N3O4S2/c15-9-7-22-23-8-10(12(19)20)17-13(21)14(3-1-2-4-14)5-6-16-11(9)18/h9-10H,1-8,15H2,(H,16,18)(H,17,21)(H,19,20). The predicted molar refractivity (Wildman–Crippen MR) is 91.0 cm³/mol. The van der Waals surface area contributed by atoms with Crippen molar-refractivity contribution in [1.82, 2.24) is 10.6 Å². The molecule has 9 heteroatoms. The van der Waals surface area contributed by atoms with Gasteiger partial charge in [-0.3, -0.25) is 9.59 Å². The minimum Gasteiger partial charge on any atom is -0.480 e. The van der Waals surface area contributed by atoms with Gasteiger partial charge in [0.1, 0.15) is 6.04 Å². The van der Waals surface area contributed by atoms with Crippen molar-refractivity contribution in [1.29, 1.82) is 0 Å². The monoisotopic (exact) mass is 361 g/mol. The van der Waals surface area contributed by atoms with Crippen molar-refractivity contribution in [3.05, 3.63) is 0 Å². The van der Waals surface area contributed by atoms with Gasteiger partial charge in [-0.25, -0.2) is 4.79 Å². The van der Waals surface area contributed by atoms with Crippen LogP contribution in [0.4, 0.5) is 0 Å². The lowest BCUT2D eigenvalue weighted by Crippen LogP contribution is -2.50. The lowest BCUT2D eigenvalue weighted by molar-refractivity contribution is -0.143. The van der Waals surface area contributed by atoms with E-state index in [9.17, 15) is 19.5 Å². The quantitative estimate of drug-likeness (QED) is 0.497. The Morgan fingerprint density at radius 2 is 1.83 bits per heavy atom. The molecule has 2 fully saturated rings. The van der Waals surface area contributed by atoms with Gasteiger partial charge in [-0.05, 0) is 19.3 Å². The van der Waals surface area contributed by atoms with Gasteiger partial charge in [-0.1, -0.05) is 34.4 Å². The Labute approximate surface area is 143 Å². The Bertz CT molecular complexity index is 469. The lowest BCUT2D eigenvalue weighted by atomic mass is 9.81. The van der Waals surface area contributed by atoms with Crippen molar-refractivity contribution in [3.8, 4) is 0 Å². The van der Waals surface area contributed by atoms with E-state index >= 15 is 0 Å². The second kappa shape index (κ2) is 8.25. The first-order valence-electron chi connectivity index (χ1n) is 7.76. The van der Waals surface area contributed by atoms with Crippen LogP contribution in [-0.4, -0.2) is 53.0 Å². The number of aliphatic carboxylic acids is 1. The van der Waals surface area contributed by atoms with E-state index in [1.807, 2.05) is 0 Å². The molecule has 1 spiro atoms. The van der Waals surface area contributed by atoms with E-state index < -0.39 is 23.5 Å². The van der Waals surface area contributed by atoms with E-state index in [2.05, 4.69) is 10.6 Å². The summed E-state index contributed by atoms with van der Waals surface area (Å²) in [5, 5.41) is 14.8. The molecule has 0 aromatic carbocycles. The second-order valence-corrected chi connectivity index (χ2v) is 8.62. The zero-order valence-electron chi connectivity index (χ0n) is 12.9. The third kappa shape index (κ3) is 4.77. The third-order valence-electron chi connectivity index (χ3n) is 4.45. The topological polar surface area (TPSA) is 122 Å². The number of nitrogens with one attached hydrogen (secondary N) is 2. The maximum atomic E-state index is 12.7. The van der Waals surface area contributed by atoms with Crippen molar-refractivity contribution in [2.45, 2.75) is 44.2 Å². The molecule has 2 rings (SSSR count). The molecule has 2 atom stereocenters. The first-order chi connectivity index (χ1) is 10.9. The summed E-state index contributed by atoms with van der Waals surface area (Å²) in [6, 6.07) is -1.54. The molecular weight excluding hydrogens is 338 g/mol. The molecule has 130 valence electrons. The second-order valence-electron chi connectivity index (χ2n) is 6.07. The van der Waals surface area contributed by atoms with Crippen LogP contribution < -0.4 is 16.4 Å². The molecule has 2 aliphatic rings. The molecule has 0 radical (unpaired) electrons. The van der Waals surface area contributed by atoms with Crippen LogP contribution >= 0.6 is 21.6 Å². The summed E-state index contributed by atoms with van der Waals surface area (Å²) >= 11 is 0. The first-order valence-corrected chi connectivity index (χ1v) is 10.2. The van der Waals surface area contributed by atoms with Gasteiger partial charge in [-0.2, -0.15) is 0 Å². The van der Waals surface area contributed by atoms with Gasteiger partial charge in [0.15, 0.2) is 0 Å². The van der Waals surface area contributed by atoms with Crippen LogP contribution in [0.25, 0.3) is 0 Å². The Balaban J connectivity index is 2.14. The fraction of sp³-hybridized carbons (Fsp3) is 0.786. The minimum absolute atomic E-state index is 0.203. The van der Waals surface area contributed by atoms with Gasteiger partial charge in [0.25, 0.3) is 0 Å². The summed E-state index contributed by atoms with van der Waals surface area (Å²) in [6.07, 6.45) is 3.88. The van der Waals surface area contributed by atoms with Crippen molar-refractivity contribution < 1.29 is 19.5 Å². The number of rotatable bonds is 1. The summed E-state index contributed by atoms with van der Waals surface area (Å²) in [5.41, 5.74) is 5.25. The van der Waals surface area contributed by atoms with Crippen LogP contribution in [0.2, 0.25) is 0 Å². The lowest BCUT2D eigenvalue weighted by Gasteiger charge is -2.29. The fourth-order valence-corrected chi connectivity index (χ4v) is 5.28. The fourth-order valence-electron chi connectivity index (χ4n) is 3.00. The summed E-state index contributed by atoms with van der Waals surface area (Å²) in [5.74, 6) is -0.808. The highest BCUT2D eigenvalue weighted by molar-refractivity contribution is 8.76. The molecule has 0 aromatic rings. The van der Waals surface area contributed by atoms with Crippen LogP contribution in [0.1, 0.15) is 32.1 Å². The molecule has 1 aliphatic carbocycles. The number of hydrogen-bond acceptors (Lipinski definition) is 6. The molecule has 0 bridgehead atoms. The maximum absolute atomic E-state index is 12.7. The van der Waals surface area contributed by atoms with Gasteiger partial charge < -0.3 is 21.5 Å². The Morgan fingerprint density at radius 3 is 2.48 bits per heavy atom. The molecule has 1 saturated heterocycles. The summed E-state index contributed by atoms with van der Waals surface area (Å²) < 4.78 is 0. The number of carbonyl (C=O) groups excluding carboxylic acids is 2. The molecule has 2 unspecified atom stereocenters. The predicted octanol–water partition coefficient (Wildman–Crippen LogP) is 0.345. The van der Waals surface area contributed by atoms with Crippen molar-refractivity contribution >= 4 is 39.4 Å². The van der Waals surface area contributed by atoms with Gasteiger partial charge in [-0.15, -0.1) is 0 Å². The number of carbonyl (C=O) groups is 3. The van der Waals surface area contributed by atoms with Gasteiger partial charge in [0, 0.05) is 18.1 Å².